The molecule has 1 aromatic carbocycles. The number of nitrogens with zero attached hydrogens (tertiary/aromatic N) is 2. The highest BCUT2D eigenvalue weighted by Crippen LogP contribution is 2.65. The van der Waals surface area contributed by atoms with Gasteiger partial charge >= 0.3 is 0 Å². The minimum Gasteiger partial charge on any atom is -0.274 e. The van der Waals surface area contributed by atoms with Crippen LogP contribution >= 0.6 is 0 Å². The van der Waals surface area contributed by atoms with E-state index in [9.17, 15) is 19.7 Å². The first kappa shape index (κ1) is 13.9. The maximum Gasteiger partial charge on any atom is 0.274 e. The van der Waals surface area contributed by atoms with Crippen LogP contribution in [0.2, 0.25) is 0 Å². The van der Waals surface area contributed by atoms with E-state index >= 15 is 0 Å². The van der Waals surface area contributed by atoms with Gasteiger partial charge in [0, 0.05) is 11.6 Å². The summed E-state index contributed by atoms with van der Waals surface area (Å²) in [5, 5.41) is 11.2. The fourth-order valence-electron chi connectivity index (χ4n) is 5.15. The number of nitro benzene ring substituents is 1. The Morgan fingerprint density at radius 1 is 1.08 bits per heavy atom. The van der Waals surface area contributed by atoms with Crippen molar-refractivity contribution in [1.82, 2.24) is 0 Å². The average Bonchev–Trinajstić information content (AvgIpc) is 3.33. The number of nitro groups is 1. The van der Waals surface area contributed by atoms with E-state index in [1.807, 2.05) is 0 Å². The summed E-state index contributed by atoms with van der Waals surface area (Å²) in [6.45, 7) is 1.65. The molecule has 0 N–H and O–H groups in total. The number of hydrogen-bond acceptors (Lipinski definition) is 4. The van der Waals surface area contributed by atoms with E-state index in [-0.39, 0.29) is 41.2 Å². The molecule has 1 aliphatic heterocycles. The van der Waals surface area contributed by atoms with Crippen LogP contribution in [-0.2, 0) is 9.59 Å². The lowest BCUT2D eigenvalue weighted by atomic mass is 9.63. The number of allylic oxidation sites excluding steroid dienone is 2. The number of aryl methyl sites for hydroxylation is 1. The predicted octanol–water partition coefficient (Wildman–Crippen LogP) is 2.46. The van der Waals surface area contributed by atoms with Crippen LogP contribution in [0.4, 0.5) is 11.4 Å². The fraction of sp³-hybridized carbons (Fsp3) is 0.444. The average molecular weight is 324 g/mol. The van der Waals surface area contributed by atoms with Crippen LogP contribution in [0.3, 0.4) is 0 Å². The van der Waals surface area contributed by atoms with E-state index in [2.05, 4.69) is 12.2 Å². The zero-order chi connectivity index (χ0) is 16.7. The quantitative estimate of drug-likeness (QED) is 0.362. The lowest BCUT2D eigenvalue weighted by Crippen LogP contribution is -2.40. The van der Waals surface area contributed by atoms with E-state index < -0.39 is 4.92 Å². The van der Waals surface area contributed by atoms with Crippen molar-refractivity contribution in [3.8, 4) is 0 Å². The second-order valence-electron chi connectivity index (χ2n) is 7.39. The normalized spacial score (nSPS) is 38.3. The van der Waals surface area contributed by atoms with Gasteiger partial charge in [-0.05, 0) is 43.1 Å². The Morgan fingerprint density at radius 2 is 1.67 bits per heavy atom. The SMILES string of the molecule is Cc1ccc(N2C(=O)[C@H]3[C@@H]4C=C[C@H]([C@@H]5C[C@H]45)[C@@H]3C2=O)cc1[N+](=O)[O-]. The number of carbonyl (C=O) groups is 2. The summed E-state index contributed by atoms with van der Waals surface area (Å²) in [7, 11) is 0. The molecule has 3 fully saturated rings. The first-order valence-corrected chi connectivity index (χ1v) is 8.30. The smallest absolute Gasteiger partial charge is 0.274 e. The third-order valence-corrected chi connectivity index (χ3v) is 6.31. The number of hydrogen-bond donors (Lipinski definition) is 0. The number of anilines is 1. The van der Waals surface area contributed by atoms with Gasteiger partial charge in [0.15, 0.2) is 0 Å². The van der Waals surface area contributed by atoms with E-state index in [0.29, 0.717) is 23.1 Å². The molecule has 6 nitrogen and oxygen atoms in total. The topological polar surface area (TPSA) is 80.5 Å². The first-order chi connectivity index (χ1) is 11.5. The molecule has 2 bridgehead atoms. The van der Waals surface area contributed by atoms with Gasteiger partial charge < -0.3 is 0 Å². The Bertz CT molecular complexity index is 809. The molecule has 6 heteroatoms. The monoisotopic (exact) mass is 324 g/mol. The van der Waals surface area contributed by atoms with Gasteiger partial charge in [0.2, 0.25) is 11.8 Å². The number of imide groups is 1. The molecule has 0 aromatic heterocycles. The van der Waals surface area contributed by atoms with Crippen LogP contribution in [0.1, 0.15) is 12.0 Å². The van der Waals surface area contributed by atoms with Crippen LogP contribution < -0.4 is 4.90 Å². The summed E-state index contributed by atoms with van der Waals surface area (Å²) < 4.78 is 0. The molecule has 0 unspecified atom stereocenters. The molecular formula is C18H16N2O4. The maximum absolute atomic E-state index is 13.0. The van der Waals surface area contributed by atoms with E-state index in [0.717, 1.165) is 6.42 Å². The van der Waals surface area contributed by atoms with Crippen molar-refractivity contribution in [1.29, 1.82) is 0 Å². The molecule has 4 aliphatic carbocycles. The minimum absolute atomic E-state index is 0.0630. The molecule has 2 saturated carbocycles. The number of amides is 2. The fourth-order valence-corrected chi connectivity index (χ4v) is 5.15. The third-order valence-electron chi connectivity index (χ3n) is 6.31. The van der Waals surface area contributed by atoms with Crippen LogP contribution in [0.25, 0.3) is 0 Å². The largest absolute Gasteiger partial charge is 0.274 e. The van der Waals surface area contributed by atoms with E-state index in [4.69, 9.17) is 0 Å². The number of rotatable bonds is 2. The molecule has 1 saturated heterocycles. The molecular weight excluding hydrogens is 308 g/mol. The Kier molecular flexibility index (Phi) is 2.50. The third kappa shape index (κ3) is 1.56. The summed E-state index contributed by atoms with van der Waals surface area (Å²) in [5.74, 6) is 0.475. The second-order valence-corrected chi connectivity index (χ2v) is 7.39. The maximum atomic E-state index is 13.0. The molecule has 6 rings (SSSR count). The van der Waals surface area contributed by atoms with Gasteiger partial charge in [0.1, 0.15) is 0 Å². The van der Waals surface area contributed by atoms with Gasteiger partial charge in [0.05, 0.1) is 22.4 Å². The van der Waals surface area contributed by atoms with E-state index in [1.54, 1.807) is 19.1 Å². The summed E-state index contributed by atoms with van der Waals surface area (Å²) in [4.78, 5) is 37.8. The molecule has 2 amide bonds. The highest BCUT2D eigenvalue weighted by molar-refractivity contribution is 6.22. The first-order valence-electron chi connectivity index (χ1n) is 8.30. The Balaban J connectivity index is 1.57. The van der Waals surface area contributed by atoms with Crippen molar-refractivity contribution >= 4 is 23.2 Å². The predicted molar refractivity (Wildman–Crippen MR) is 85.0 cm³/mol. The standard InChI is InChI=1S/C18H16N2O4/c1-8-2-3-9(6-14(8)20(23)24)19-17(21)15-10-4-5-11(13-7-12(10)13)16(15)18(19)22/h2-6,10-13,15-16H,7H2,1H3/t10-,11-,12-,13+,15+,16+/m1/s1. The number of carbonyl (C=O) groups excluding carboxylic acids is 2. The lowest BCUT2D eigenvalue weighted by molar-refractivity contribution is -0.385. The molecule has 122 valence electrons. The molecule has 6 atom stereocenters. The summed E-state index contributed by atoms with van der Waals surface area (Å²) in [5.41, 5.74) is 0.778. The summed E-state index contributed by atoms with van der Waals surface area (Å²) in [6.07, 6.45) is 5.35. The summed E-state index contributed by atoms with van der Waals surface area (Å²) >= 11 is 0. The van der Waals surface area contributed by atoms with Gasteiger partial charge in [-0.2, -0.15) is 0 Å². The Hall–Kier alpha value is -2.50. The zero-order valence-corrected chi connectivity index (χ0v) is 13.1. The lowest BCUT2D eigenvalue weighted by Gasteiger charge is -2.37. The molecule has 0 spiro atoms. The van der Waals surface area contributed by atoms with Gasteiger partial charge in [-0.25, -0.2) is 4.90 Å². The highest BCUT2D eigenvalue weighted by Gasteiger charge is 2.67. The van der Waals surface area contributed by atoms with Crippen LogP contribution in [0, 0.1) is 52.5 Å². The van der Waals surface area contributed by atoms with Gasteiger partial charge in [-0.1, -0.05) is 18.2 Å². The van der Waals surface area contributed by atoms with Gasteiger partial charge in [-0.3, -0.25) is 19.7 Å². The van der Waals surface area contributed by atoms with Crippen LogP contribution in [-0.4, -0.2) is 16.7 Å². The second kappa shape index (κ2) is 4.32. The minimum atomic E-state index is -0.475. The molecule has 1 aromatic rings. The molecule has 1 heterocycles. The number of benzene rings is 1. The Morgan fingerprint density at radius 3 is 2.21 bits per heavy atom. The molecule has 24 heavy (non-hydrogen) atoms. The Labute approximate surface area is 138 Å². The van der Waals surface area contributed by atoms with Gasteiger partial charge in [0.25, 0.3) is 5.69 Å². The van der Waals surface area contributed by atoms with Crippen LogP contribution in [0.15, 0.2) is 30.4 Å². The molecule has 5 aliphatic rings. The van der Waals surface area contributed by atoms with Crippen molar-refractivity contribution in [2.24, 2.45) is 35.5 Å². The van der Waals surface area contributed by atoms with Crippen molar-refractivity contribution in [3.05, 3.63) is 46.0 Å². The van der Waals surface area contributed by atoms with Crippen LogP contribution in [0.5, 0.6) is 0 Å². The highest BCUT2D eigenvalue weighted by atomic mass is 16.6. The van der Waals surface area contributed by atoms with E-state index in [1.165, 1.54) is 11.0 Å². The van der Waals surface area contributed by atoms with Gasteiger partial charge in [-0.15, -0.1) is 0 Å². The van der Waals surface area contributed by atoms with Crippen molar-refractivity contribution in [2.75, 3.05) is 4.90 Å². The van der Waals surface area contributed by atoms with Crippen molar-refractivity contribution < 1.29 is 14.5 Å². The summed E-state index contributed by atoms with van der Waals surface area (Å²) in [6, 6.07) is 4.57. The van der Waals surface area contributed by atoms with Crippen molar-refractivity contribution in [2.45, 2.75) is 13.3 Å². The molecule has 0 radical (unpaired) electrons. The van der Waals surface area contributed by atoms with Crippen molar-refractivity contribution in [3.63, 3.8) is 0 Å². The zero-order valence-electron chi connectivity index (χ0n) is 13.1.